The van der Waals surface area contributed by atoms with Crippen molar-refractivity contribution in [1.82, 2.24) is 4.90 Å². The highest BCUT2D eigenvalue weighted by molar-refractivity contribution is 8.00. The quantitative estimate of drug-likeness (QED) is 0.245. The van der Waals surface area contributed by atoms with Gasteiger partial charge in [0.2, 0.25) is 0 Å². The van der Waals surface area contributed by atoms with Gasteiger partial charge in [0.15, 0.2) is 16.4 Å². The molecule has 0 aromatic heterocycles. The van der Waals surface area contributed by atoms with Crippen molar-refractivity contribution in [3.63, 3.8) is 0 Å². The standard InChI is InChI=1S/C18H24N2O7S2/c1-3-13(2)19(15-8-9-29(25,26)12-15)17(21)10-27-18(22)11-28-16-6-4-14(5-7-16)20(23)24/h4-7,13,15H,3,8-12H2,1-2H3/t13-,15-/m0/s1. The molecule has 11 heteroatoms. The molecule has 1 aliphatic rings. The van der Waals surface area contributed by atoms with Gasteiger partial charge in [-0.15, -0.1) is 11.8 Å². The maximum atomic E-state index is 12.6. The number of amides is 1. The van der Waals surface area contributed by atoms with Crippen LogP contribution in [-0.4, -0.2) is 66.1 Å². The molecular weight excluding hydrogens is 420 g/mol. The Bertz CT molecular complexity index is 855. The maximum absolute atomic E-state index is 12.6. The minimum atomic E-state index is -3.14. The van der Waals surface area contributed by atoms with E-state index in [1.54, 1.807) is 0 Å². The number of ether oxygens (including phenoxy) is 1. The van der Waals surface area contributed by atoms with E-state index in [4.69, 9.17) is 4.74 Å². The van der Waals surface area contributed by atoms with Crippen LogP contribution in [0.4, 0.5) is 5.69 Å². The summed E-state index contributed by atoms with van der Waals surface area (Å²) >= 11 is 1.14. The Balaban J connectivity index is 1.86. The van der Waals surface area contributed by atoms with Crippen molar-refractivity contribution >= 4 is 39.2 Å². The van der Waals surface area contributed by atoms with Crippen molar-refractivity contribution in [2.45, 2.75) is 43.7 Å². The van der Waals surface area contributed by atoms with Crippen LogP contribution in [0.3, 0.4) is 0 Å². The van der Waals surface area contributed by atoms with Crippen LogP contribution in [0.1, 0.15) is 26.7 Å². The highest BCUT2D eigenvalue weighted by Crippen LogP contribution is 2.23. The van der Waals surface area contributed by atoms with Crippen LogP contribution in [-0.2, 0) is 24.2 Å². The van der Waals surface area contributed by atoms with Crippen molar-refractivity contribution in [1.29, 1.82) is 0 Å². The number of thioether (sulfide) groups is 1. The second-order valence-corrected chi connectivity index (χ2v) is 10.1. The monoisotopic (exact) mass is 444 g/mol. The number of nitrogens with zero attached hydrogens (tertiary/aromatic N) is 2. The number of nitro benzene ring substituents is 1. The third-order valence-corrected chi connectivity index (χ3v) is 7.45. The van der Waals surface area contributed by atoms with Gasteiger partial charge < -0.3 is 9.64 Å². The molecule has 1 saturated heterocycles. The Kier molecular flexibility index (Phi) is 8.03. The third kappa shape index (κ3) is 6.70. The Morgan fingerprint density at radius 3 is 2.52 bits per heavy atom. The summed E-state index contributed by atoms with van der Waals surface area (Å²) in [4.78, 5) is 36.9. The van der Waals surface area contributed by atoms with Gasteiger partial charge in [-0.3, -0.25) is 19.7 Å². The molecular formula is C18H24N2O7S2. The van der Waals surface area contributed by atoms with Crippen LogP contribution >= 0.6 is 11.8 Å². The Morgan fingerprint density at radius 1 is 1.34 bits per heavy atom. The third-order valence-electron chi connectivity index (χ3n) is 4.72. The van der Waals surface area contributed by atoms with E-state index >= 15 is 0 Å². The lowest BCUT2D eigenvalue weighted by Gasteiger charge is -2.33. The number of hydrogen-bond donors (Lipinski definition) is 0. The number of benzene rings is 1. The molecule has 2 rings (SSSR count). The number of sulfone groups is 1. The average molecular weight is 445 g/mol. The minimum absolute atomic E-state index is 0.0402. The molecule has 2 atom stereocenters. The van der Waals surface area contributed by atoms with Gasteiger partial charge in [0, 0.05) is 29.1 Å². The number of esters is 1. The van der Waals surface area contributed by atoms with Crippen LogP contribution in [0.2, 0.25) is 0 Å². The summed E-state index contributed by atoms with van der Waals surface area (Å²) in [5, 5.41) is 10.6. The molecule has 0 N–H and O–H groups in total. The van der Waals surface area contributed by atoms with Gasteiger partial charge in [0.05, 0.1) is 22.2 Å². The molecule has 1 amide bonds. The molecule has 0 unspecified atom stereocenters. The van der Waals surface area contributed by atoms with E-state index in [0.717, 1.165) is 11.8 Å². The highest BCUT2D eigenvalue weighted by Gasteiger charge is 2.36. The van der Waals surface area contributed by atoms with Gasteiger partial charge in [0.25, 0.3) is 11.6 Å². The number of hydrogen-bond acceptors (Lipinski definition) is 8. The first kappa shape index (κ1) is 23.1. The smallest absolute Gasteiger partial charge is 0.316 e. The second-order valence-electron chi connectivity index (χ2n) is 6.82. The van der Waals surface area contributed by atoms with Crippen molar-refractivity contribution in [3.05, 3.63) is 34.4 Å². The normalized spacial score (nSPS) is 18.8. The molecule has 160 valence electrons. The van der Waals surface area contributed by atoms with Crippen molar-refractivity contribution in [2.24, 2.45) is 0 Å². The van der Waals surface area contributed by atoms with E-state index in [2.05, 4.69) is 0 Å². The molecule has 1 heterocycles. The van der Waals surface area contributed by atoms with Crippen molar-refractivity contribution in [2.75, 3.05) is 23.9 Å². The first-order valence-electron chi connectivity index (χ1n) is 9.17. The zero-order valence-electron chi connectivity index (χ0n) is 16.3. The largest absolute Gasteiger partial charge is 0.455 e. The molecule has 29 heavy (non-hydrogen) atoms. The van der Waals surface area contributed by atoms with E-state index < -0.39 is 39.3 Å². The van der Waals surface area contributed by atoms with E-state index in [1.165, 1.54) is 29.2 Å². The SMILES string of the molecule is CC[C@H](C)N(C(=O)COC(=O)CSc1ccc([N+](=O)[O-])cc1)[C@H]1CCS(=O)(=O)C1. The van der Waals surface area contributed by atoms with E-state index in [-0.39, 0.29) is 29.0 Å². The topological polar surface area (TPSA) is 124 Å². The molecule has 0 spiro atoms. The lowest BCUT2D eigenvalue weighted by molar-refractivity contribution is -0.384. The van der Waals surface area contributed by atoms with Crippen LogP contribution in [0.5, 0.6) is 0 Å². The van der Waals surface area contributed by atoms with Crippen LogP contribution in [0, 0.1) is 10.1 Å². The zero-order valence-corrected chi connectivity index (χ0v) is 17.9. The Morgan fingerprint density at radius 2 is 2.00 bits per heavy atom. The zero-order chi connectivity index (χ0) is 21.6. The predicted octanol–water partition coefficient (Wildman–Crippen LogP) is 2.04. The van der Waals surface area contributed by atoms with Gasteiger partial charge in [-0.25, -0.2) is 8.42 Å². The van der Waals surface area contributed by atoms with Gasteiger partial charge in [-0.05, 0) is 31.9 Å². The van der Waals surface area contributed by atoms with Crippen molar-refractivity contribution in [3.8, 4) is 0 Å². The first-order chi connectivity index (χ1) is 13.6. The van der Waals surface area contributed by atoms with Gasteiger partial charge in [-0.1, -0.05) is 6.92 Å². The fourth-order valence-electron chi connectivity index (χ4n) is 3.07. The van der Waals surface area contributed by atoms with Crippen LogP contribution in [0.25, 0.3) is 0 Å². The van der Waals surface area contributed by atoms with Crippen LogP contribution in [0.15, 0.2) is 29.2 Å². The summed E-state index contributed by atoms with van der Waals surface area (Å²) in [6.45, 7) is 3.30. The maximum Gasteiger partial charge on any atom is 0.316 e. The lowest BCUT2D eigenvalue weighted by atomic mass is 10.1. The highest BCUT2D eigenvalue weighted by atomic mass is 32.2. The summed E-state index contributed by atoms with van der Waals surface area (Å²) in [6, 6.07) is 5.21. The Hall–Kier alpha value is -2.14. The number of carbonyl (C=O) groups excluding carboxylic acids is 2. The summed E-state index contributed by atoms with van der Waals surface area (Å²) in [6.07, 6.45) is 1.05. The average Bonchev–Trinajstić information content (AvgIpc) is 3.04. The Labute approximate surface area is 173 Å². The summed E-state index contributed by atoms with van der Waals surface area (Å²) in [7, 11) is -3.14. The molecule has 0 saturated carbocycles. The predicted molar refractivity (Wildman–Crippen MR) is 108 cm³/mol. The van der Waals surface area contributed by atoms with Gasteiger partial charge in [-0.2, -0.15) is 0 Å². The molecule has 1 aromatic rings. The van der Waals surface area contributed by atoms with E-state index in [9.17, 15) is 28.1 Å². The fourth-order valence-corrected chi connectivity index (χ4v) is 5.47. The van der Waals surface area contributed by atoms with E-state index in [0.29, 0.717) is 17.7 Å². The summed E-state index contributed by atoms with van der Waals surface area (Å²) in [5.41, 5.74) is -0.0402. The number of nitro groups is 1. The van der Waals surface area contributed by atoms with Crippen molar-refractivity contribution < 1.29 is 27.7 Å². The van der Waals surface area contributed by atoms with E-state index in [1.807, 2.05) is 13.8 Å². The number of carbonyl (C=O) groups is 2. The molecule has 0 radical (unpaired) electrons. The number of non-ortho nitro benzene ring substituents is 1. The number of rotatable bonds is 9. The molecule has 0 bridgehead atoms. The van der Waals surface area contributed by atoms with Crippen LogP contribution < -0.4 is 0 Å². The first-order valence-corrected chi connectivity index (χ1v) is 12.0. The molecule has 1 aromatic carbocycles. The van der Waals surface area contributed by atoms with Gasteiger partial charge >= 0.3 is 5.97 Å². The molecule has 9 nitrogen and oxygen atoms in total. The minimum Gasteiger partial charge on any atom is -0.455 e. The lowest BCUT2D eigenvalue weighted by Crippen LogP contribution is -2.48. The molecule has 0 aliphatic carbocycles. The fraction of sp³-hybridized carbons (Fsp3) is 0.556. The van der Waals surface area contributed by atoms with Gasteiger partial charge in [0.1, 0.15) is 0 Å². The summed E-state index contributed by atoms with van der Waals surface area (Å²) < 4.78 is 28.6. The summed E-state index contributed by atoms with van der Waals surface area (Å²) in [5.74, 6) is -1.05. The molecule has 1 aliphatic heterocycles. The second kappa shape index (κ2) is 10.1. The molecule has 1 fully saturated rings.